The molecular weight excluding hydrogens is 182 g/mol. The van der Waals surface area contributed by atoms with Crippen molar-refractivity contribution in [2.75, 3.05) is 13.1 Å². The molecule has 0 aliphatic carbocycles. The van der Waals surface area contributed by atoms with Gasteiger partial charge in [0.1, 0.15) is 6.10 Å². The monoisotopic (exact) mass is 199 g/mol. The van der Waals surface area contributed by atoms with Crippen molar-refractivity contribution in [3.63, 3.8) is 0 Å². The van der Waals surface area contributed by atoms with Crippen LogP contribution < -0.4 is 0 Å². The Morgan fingerprint density at radius 2 is 1.93 bits per heavy atom. The van der Waals surface area contributed by atoms with E-state index in [2.05, 4.69) is 0 Å². The topological polar surface area (TPSA) is 46.6 Å². The molecule has 1 heterocycles. The second-order valence-corrected chi connectivity index (χ2v) is 3.71. The fourth-order valence-corrected chi connectivity index (χ4v) is 1.67. The molecule has 0 aromatic heterocycles. The van der Waals surface area contributed by atoms with Crippen LogP contribution in [0.2, 0.25) is 0 Å². The molecule has 0 spiro atoms. The molecule has 1 saturated heterocycles. The number of carbonyl (C=O) groups is 2. The first-order valence-corrected chi connectivity index (χ1v) is 5.04. The molecule has 80 valence electrons. The molecule has 1 rings (SSSR count). The predicted octanol–water partition coefficient (Wildman–Crippen LogP) is 0.950. The van der Waals surface area contributed by atoms with Gasteiger partial charge in [0.2, 0.25) is 5.91 Å². The van der Waals surface area contributed by atoms with E-state index in [1.807, 2.05) is 4.90 Å². The quantitative estimate of drug-likeness (QED) is 0.636. The van der Waals surface area contributed by atoms with Crippen LogP contribution in [0, 0.1) is 0 Å². The zero-order valence-electron chi connectivity index (χ0n) is 8.78. The van der Waals surface area contributed by atoms with Gasteiger partial charge in [-0.1, -0.05) is 0 Å². The van der Waals surface area contributed by atoms with E-state index < -0.39 is 0 Å². The third-order valence-corrected chi connectivity index (χ3v) is 2.29. The lowest BCUT2D eigenvalue weighted by Crippen LogP contribution is -2.31. The number of rotatable bonds is 3. The van der Waals surface area contributed by atoms with Gasteiger partial charge in [-0.15, -0.1) is 0 Å². The van der Waals surface area contributed by atoms with Gasteiger partial charge in [0.25, 0.3) is 0 Å². The summed E-state index contributed by atoms with van der Waals surface area (Å²) in [5.41, 5.74) is 0. The summed E-state index contributed by atoms with van der Waals surface area (Å²) in [6.45, 7) is 4.81. The molecule has 0 saturated carbocycles. The van der Waals surface area contributed by atoms with Gasteiger partial charge in [-0.3, -0.25) is 9.59 Å². The molecule has 1 aliphatic heterocycles. The summed E-state index contributed by atoms with van der Waals surface area (Å²) in [4.78, 5) is 24.0. The van der Waals surface area contributed by atoms with Crippen molar-refractivity contribution in [2.45, 2.75) is 39.2 Å². The normalized spacial score (nSPS) is 18.0. The Hall–Kier alpha value is -1.06. The summed E-state index contributed by atoms with van der Waals surface area (Å²) < 4.78 is 4.89. The Morgan fingerprint density at radius 1 is 1.36 bits per heavy atom. The van der Waals surface area contributed by atoms with E-state index in [0.29, 0.717) is 6.42 Å². The van der Waals surface area contributed by atoms with E-state index in [1.165, 1.54) is 6.92 Å². The molecule has 1 fully saturated rings. The zero-order chi connectivity index (χ0) is 10.6. The first kappa shape index (κ1) is 11.0. The molecule has 1 unspecified atom stereocenters. The highest BCUT2D eigenvalue weighted by Gasteiger charge is 2.20. The van der Waals surface area contributed by atoms with Crippen LogP contribution >= 0.6 is 0 Å². The molecular formula is C10H17NO3. The lowest BCUT2D eigenvalue weighted by molar-refractivity contribution is -0.147. The van der Waals surface area contributed by atoms with Crippen LogP contribution in [-0.2, 0) is 14.3 Å². The summed E-state index contributed by atoms with van der Waals surface area (Å²) >= 11 is 0. The highest BCUT2D eigenvalue weighted by Crippen LogP contribution is 2.10. The fourth-order valence-electron chi connectivity index (χ4n) is 1.67. The van der Waals surface area contributed by atoms with Crippen molar-refractivity contribution < 1.29 is 14.3 Å². The summed E-state index contributed by atoms with van der Waals surface area (Å²) in [6, 6.07) is 0. The van der Waals surface area contributed by atoms with Gasteiger partial charge >= 0.3 is 5.97 Å². The SMILES string of the molecule is CC(=O)OC(C)CC(=O)N1CCCC1. The van der Waals surface area contributed by atoms with Crippen molar-refractivity contribution in [2.24, 2.45) is 0 Å². The average molecular weight is 199 g/mol. The average Bonchev–Trinajstić information content (AvgIpc) is 2.53. The predicted molar refractivity (Wildman–Crippen MR) is 51.7 cm³/mol. The summed E-state index contributed by atoms with van der Waals surface area (Å²) in [6.07, 6.45) is 2.18. The maximum atomic E-state index is 11.6. The Bertz CT molecular complexity index is 221. The minimum atomic E-state index is -0.327. The van der Waals surface area contributed by atoms with Crippen LogP contribution in [0.4, 0.5) is 0 Å². The Morgan fingerprint density at radius 3 is 2.43 bits per heavy atom. The molecule has 4 nitrogen and oxygen atoms in total. The third kappa shape index (κ3) is 3.36. The Kier molecular flexibility index (Phi) is 3.92. The van der Waals surface area contributed by atoms with Crippen LogP contribution in [0.15, 0.2) is 0 Å². The third-order valence-electron chi connectivity index (χ3n) is 2.29. The van der Waals surface area contributed by atoms with Gasteiger partial charge in [0, 0.05) is 20.0 Å². The Labute approximate surface area is 84.2 Å². The highest BCUT2D eigenvalue weighted by molar-refractivity contribution is 5.77. The summed E-state index contributed by atoms with van der Waals surface area (Å²) in [7, 11) is 0. The molecule has 1 aliphatic rings. The number of hydrogen-bond acceptors (Lipinski definition) is 3. The summed E-state index contributed by atoms with van der Waals surface area (Å²) in [5, 5.41) is 0. The van der Waals surface area contributed by atoms with E-state index in [4.69, 9.17) is 4.74 Å². The maximum Gasteiger partial charge on any atom is 0.302 e. The van der Waals surface area contributed by atoms with Crippen LogP contribution in [-0.4, -0.2) is 36.0 Å². The molecule has 0 N–H and O–H groups in total. The summed E-state index contributed by atoms with van der Waals surface area (Å²) in [5.74, 6) is -0.233. The molecule has 0 radical (unpaired) electrons. The second kappa shape index (κ2) is 4.98. The molecule has 1 atom stereocenters. The minimum absolute atomic E-state index is 0.0938. The van der Waals surface area contributed by atoms with Gasteiger partial charge < -0.3 is 9.64 Å². The molecule has 0 aromatic rings. The lowest BCUT2D eigenvalue weighted by Gasteiger charge is -2.18. The number of hydrogen-bond donors (Lipinski definition) is 0. The zero-order valence-corrected chi connectivity index (χ0v) is 8.78. The van der Waals surface area contributed by atoms with Crippen molar-refractivity contribution in [1.29, 1.82) is 0 Å². The van der Waals surface area contributed by atoms with E-state index >= 15 is 0 Å². The number of ether oxygens (including phenoxy) is 1. The highest BCUT2D eigenvalue weighted by atomic mass is 16.5. The van der Waals surface area contributed by atoms with Gasteiger partial charge in [0.15, 0.2) is 0 Å². The molecule has 4 heteroatoms. The first-order chi connectivity index (χ1) is 6.59. The van der Waals surface area contributed by atoms with Gasteiger partial charge in [-0.05, 0) is 19.8 Å². The maximum absolute atomic E-state index is 11.6. The van der Waals surface area contributed by atoms with Crippen LogP contribution in [0.25, 0.3) is 0 Å². The van der Waals surface area contributed by atoms with Crippen LogP contribution in [0.5, 0.6) is 0 Å². The van der Waals surface area contributed by atoms with Crippen molar-refractivity contribution in [3.8, 4) is 0 Å². The van der Waals surface area contributed by atoms with Crippen molar-refractivity contribution >= 4 is 11.9 Å². The van der Waals surface area contributed by atoms with Gasteiger partial charge in [-0.2, -0.15) is 0 Å². The van der Waals surface area contributed by atoms with E-state index in [-0.39, 0.29) is 18.0 Å². The van der Waals surface area contributed by atoms with Gasteiger partial charge in [-0.25, -0.2) is 0 Å². The minimum Gasteiger partial charge on any atom is -0.462 e. The fraction of sp³-hybridized carbons (Fsp3) is 0.800. The van der Waals surface area contributed by atoms with Crippen molar-refractivity contribution in [3.05, 3.63) is 0 Å². The Balaban J connectivity index is 2.28. The number of carbonyl (C=O) groups excluding carboxylic acids is 2. The van der Waals surface area contributed by atoms with Gasteiger partial charge in [0.05, 0.1) is 6.42 Å². The van der Waals surface area contributed by atoms with Crippen LogP contribution in [0.1, 0.15) is 33.1 Å². The van der Waals surface area contributed by atoms with E-state index in [1.54, 1.807) is 6.92 Å². The number of nitrogens with zero attached hydrogens (tertiary/aromatic N) is 1. The van der Waals surface area contributed by atoms with E-state index in [9.17, 15) is 9.59 Å². The van der Waals surface area contributed by atoms with E-state index in [0.717, 1.165) is 25.9 Å². The molecule has 14 heavy (non-hydrogen) atoms. The standard InChI is InChI=1S/C10H17NO3/c1-8(14-9(2)12)7-10(13)11-5-3-4-6-11/h8H,3-7H2,1-2H3. The molecule has 0 aromatic carbocycles. The number of esters is 1. The molecule has 0 bridgehead atoms. The lowest BCUT2D eigenvalue weighted by atomic mass is 10.2. The molecule has 1 amide bonds. The smallest absolute Gasteiger partial charge is 0.302 e. The van der Waals surface area contributed by atoms with Crippen molar-refractivity contribution in [1.82, 2.24) is 4.90 Å². The largest absolute Gasteiger partial charge is 0.462 e. The second-order valence-electron chi connectivity index (χ2n) is 3.71. The number of likely N-dealkylation sites (tertiary alicyclic amines) is 1. The van der Waals surface area contributed by atoms with Crippen LogP contribution in [0.3, 0.4) is 0 Å². The first-order valence-electron chi connectivity index (χ1n) is 5.04. The number of amides is 1.